The first-order chi connectivity index (χ1) is 10.1. The largest absolute Gasteiger partial charge is 0.464 e. The number of hydrogen-bond donors (Lipinski definition) is 1. The lowest BCUT2D eigenvalue weighted by Crippen LogP contribution is -2.43. The highest BCUT2D eigenvalue weighted by atomic mass is 16.6. The molecule has 1 aromatic rings. The molecule has 0 unspecified atom stereocenters. The van der Waals surface area contributed by atoms with Crippen LogP contribution in [0.15, 0.2) is 30.3 Å². The van der Waals surface area contributed by atoms with Crippen LogP contribution < -0.4 is 0 Å². The number of likely N-dealkylation sites (tertiary alicyclic amines) is 1. The molecule has 2 atom stereocenters. The lowest BCUT2D eigenvalue weighted by Gasteiger charge is -2.25. The van der Waals surface area contributed by atoms with Gasteiger partial charge in [0.2, 0.25) is 0 Å². The summed E-state index contributed by atoms with van der Waals surface area (Å²) in [4.78, 5) is 24.3. The van der Waals surface area contributed by atoms with E-state index in [0.29, 0.717) is 13.0 Å². The lowest BCUT2D eigenvalue weighted by molar-refractivity contribution is -0.143. The number of amides is 1. The summed E-state index contributed by atoms with van der Waals surface area (Å²) in [5.74, 6) is -0.438. The van der Waals surface area contributed by atoms with Gasteiger partial charge in [-0.05, 0) is 12.0 Å². The van der Waals surface area contributed by atoms with E-state index in [4.69, 9.17) is 9.47 Å². The maximum atomic E-state index is 12.1. The molecule has 114 valence electrons. The zero-order chi connectivity index (χ0) is 15.2. The van der Waals surface area contributed by atoms with Crippen LogP contribution in [0, 0.1) is 0 Å². The Labute approximate surface area is 123 Å². The number of ether oxygens (including phenoxy) is 2. The first-order valence-electron chi connectivity index (χ1n) is 6.86. The molecule has 1 fully saturated rings. The summed E-state index contributed by atoms with van der Waals surface area (Å²) in [7, 11) is 0. The summed E-state index contributed by atoms with van der Waals surface area (Å²) in [5, 5.41) is 9.87. The van der Waals surface area contributed by atoms with Crippen LogP contribution in [0.2, 0.25) is 0 Å². The molecule has 1 N–H and O–H groups in total. The molecule has 0 radical (unpaired) electrons. The number of esters is 1. The van der Waals surface area contributed by atoms with Crippen LogP contribution in [-0.2, 0) is 20.9 Å². The Morgan fingerprint density at radius 2 is 2.00 bits per heavy atom. The molecule has 0 spiro atoms. The zero-order valence-electron chi connectivity index (χ0n) is 11.9. The molecular weight excluding hydrogens is 274 g/mol. The van der Waals surface area contributed by atoms with Gasteiger partial charge in [-0.1, -0.05) is 30.3 Å². The second-order valence-electron chi connectivity index (χ2n) is 4.96. The van der Waals surface area contributed by atoms with E-state index in [-0.39, 0.29) is 13.2 Å². The van der Waals surface area contributed by atoms with Crippen molar-refractivity contribution in [3.05, 3.63) is 35.9 Å². The van der Waals surface area contributed by atoms with Crippen molar-refractivity contribution in [2.24, 2.45) is 0 Å². The normalized spacial score (nSPS) is 21.1. The van der Waals surface area contributed by atoms with Crippen molar-refractivity contribution >= 4 is 12.1 Å². The van der Waals surface area contributed by atoms with Crippen molar-refractivity contribution < 1.29 is 24.2 Å². The molecule has 1 saturated heterocycles. The Bertz CT molecular complexity index is 490. The minimum Gasteiger partial charge on any atom is -0.464 e. The van der Waals surface area contributed by atoms with Crippen molar-refractivity contribution in [2.45, 2.75) is 32.1 Å². The van der Waals surface area contributed by atoms with E-state index in [1.165, 1.54) is 11.8 Å². The van der Waals surface area contributed by atoms with Gasteiger partial charge in [0.05, 0.1) is 12.1 Å². The van der Waals surface area contributed by atoms with Crippen LogP contribution in [0.25, 0.3) is 0 Å². The zero-order valence-corrected chi connectivity index (χ0v) is 11.9. The van der Waals surface area contributed by atoms with Crippen LogP contribution in [0.3, 0.4) is 0 Å². The van der Waals surface area contributed by atoms with Gasteiger partial charge >= 0.3 is 12.1 Å². The summed E-state index contributed by atoms with van der Waals surface area (Å²) < 4.78 is 10.1. The number of carbonyl (C=O) groups excluding carboxylic acids is 2. The molecule has 6 heteroatoms. The average Bonchev–Trinajstić information content (AvgIpc) is 2.85. The predicted molar refractivity (Wildman–Crippen MR) is 74.4 cm³/mol. The molecule has 1 aliphatic heterocycles. The van der Waals surface area contributed by atoms with Gasteiger partial charge in [-0.2, -0.15) is 0 Å². The molecule has 6 nitrogen and oxygen atoms in total. The molecule has 0 bridgehead atoms. The van der Waals surface area contributed by atoms with Gasteiger partial charge in [-0.15, -0.1) is 0 Å². The van der Waals surface area contributed by atoms with Crippen molar-refractivity contribution in [2.75, 3.05) is 13.2 Å². The summed E-state index contributed by atoms with van der Waals surface area (Å²) in [5.41, 5.74) is 0.891. The Balaban J connectivity index is 1.89. The van der Waals surface area contributed by atoms with Gasteiger partial charge in [0, 0.05) is 13.5 Å². The Morgan fingerprint density at radius 3 is 2.67 bits per heavy atom. The van der Waals surface area contributed by atoms with Crippen LogP contribution >= 0.6 is 0 Å². The Morgan fingerprint density at radius 1 is 1.29 bits per heavy atom. The topological polar surface area (TPSA) is 76.1 Å². The fourth-order valence-electron chi connectivity index (χ4n) is 2.27. The molecule has 1 amide bonds. The van der Waals surface area contributed by atoms with Crippen molar-refractivity contribution in [1.29, 1.82) is 0 Å². The van der Waals surface area contributed by atoms with E-state index < -0.39 is 24.2 Å². The van der Waals surface area contributed by atoms with Crippen LogP contribution in [0.5, 0.6) is 0 Å². The third kappa shape index (κ3) is 4.19. The fourth-order valence-corrected chi connectivity index (χ4v) is 2.27. The fraction of sp³-hybridized carbons (Fsp3) is 0.467. The SMILES string of the molecule is CC(=O)OC[C@@H]1[C@H](O)CCN1C(=O)OCc1ccccc1. The first-order valence-corrected chi connectivity index (χ1v) is 6.86. The number of benzene rings is 1. The van der Waals surface area contributed by atoms with Crippen LogP contribution in [0.4, 0.5) is 4.79 Å². The van der Waals surface area contributed by atoms with Crippen molar-refractivity contribution in [3.63, 3.8) is 0 Å². The van der Waals surface area contributed by atoms with Crippen molar-refractivity contribution in [1.82, 2.24) is 4.90 Å². The number of hydrogen-bond acceptors (Lipinski definition) is 5. The number of nitrogens with zero attached hydrogens (tertiary/aromatic N) is 1. The van der Waals surface area contributed by atoms with Crippen molar-refractivity contribution in [3.8, 4) is 0 Å². The second kappa shape index (κ2) is 7.08. The molecular formula is C15H19NO5. The standard InChI is InChI=1S/C15H19NO5/c1-11(17)20-10-13-14(18)7-8-16(13)15(19)21-9-12-5-3-2-4-6-12/h2-6,13-14,18H,7-10H2,1H3/t13-,14-/m1/s1. The molecule has 1 aromatic carbocycles. The van der Waals surface area contributed by atoms with E-state index in [9.17, 15) is 14.7 Å². The molecule has 0 aliphatic carbocycles. The maximum absolute atomic E-state index is 12.1. The molecule has 21 heavy (non-hydrogen) atoms. The number of aliphatic hydroxyl groups is 1. The van der Waals surface area contributed by atoms with E-state index in [2.05, 4.69) is 0 Å². The molecule has 0 aromatic heterocycles. The molecule has 1 aliphatic rings. The molecule has 2 rings (SSSR count). The van der Waals surface area contributed by atoms with Crippen LogP contribution in [0.1, 0.15) is 18.9 Å². The van der Waals surface area contributed by atoms with E-state index in [0.717, 1.165) is 5.56 Å². The smallest absolute Gasteiger partial charge is 0.410 e. The highest BCUT2D eigenvalue weighted by molar-refractivity contribution is 5.69. The van der Waals surface area contributed by atoms with Gasteiger partial charge in [0.15, 0.2) is 0 Å². The highest BCUT2D eigenvalue weighted by Crippen LogP contribution is 2.20. The van der Waals surface area contributed by atoms with Gasteiger partial charge in [-0.3, -0.25) is 9.69 Å². The van der Waals surface area contributed by atoms with Gasteiger partial charge in [0.25, 0.3) is 0 Å². The minimum atomic E-state index is -0.700. The number of rotatable bonds is 4. The van der Waals surface area contributed by atoms with E-state index in [1.54, 1.807) is 0 Å². The maximum Gasteiger partial charge on any atom is 0.410 e. The predicted octanol–water partition coefficient (Wildman–Crippen LogP) is 1.32. The summed E-state index contributed by atoms with van der Waals surface area (Å²) in [6.07, 6.45) is -0.756. The van der Waals surface area contributed by atoms with E-state index in [1.807, 2.05) is 30.3 Å². The quantitative estimate of drug-likeness (QED) is 0.847. The van der Waals surface area contributed by atoms with Gasteiger partial charge in [-0.25, -0.2) is 4.79 Å². The average molecular weight is 293 g/mol. The minimum absolute atomic E-state index is 0.0169. The lowest BCUT2D eigenvalue weighted by atomic mass is 10.2. The Kier molecular flexibility index (Phi) is 5.16. The summed E-state index contributed by atoms with van der Waals surface area (Å²) in [6, 6.07) is 8.80. The molecule has 1 heterocycles. The van der Waals surface area contributed by atoms with Gasteiger partial charge in [0.1, 0.15) is 13.2 Å². The first kappa shape index (κ1) is 15.3. The monoisotopic (exact) mass is 293 g/mol. The number of carbonyl (C=O) groups is 2. The number of aliphatic hydroxyl groups excluding tert-OH is 1. The third-order valence-electron chi connectivity index (χ3n) is 3.41. The summed E-state index contributed by atoms with van der Waals surface area (Å²) in [6.45, 7) is 1.84. The van der Waals surface area contributed by atoms with Crippen LogP contribution in [-0.4, -0.2) is 47.4 Å². The highest BCUT2D eigenvalue weighted by Gasteiger charge is 2.37. The Hall–Kier alpha value is -2.08. The van der Waals surface area contributed by atoms with Gasteiger partial charge < -0.3 is 14.6 Å². The summed E-state index contributed by atoms with van der Waals surface area (Å²) >= 11 is 0. The van der Waals surface area contributed by atoms with E-state index >= 15 is 0 Å². The third-order valence-corrected chi connectivity index (χ3v) is 3.41. The molecule has 0 saturated carbocycles. The second-order valence-corrected chi connectivity index (χ2v) is 4.96.